The lowest BCUT2D eigenvalue weighted by molar-refractivity contribution is 0.0763. The minimum Gasteiger partial charge on any atom is -0.370 e. The van der Waals surface area contributed by atoms with Crippen LogP contribution in [0.3, 0.4) is 0 Å². The van der Waals surface area contributed by atoms with Crippen molar-refractivity contribution in [2.45, 2.75) is 18.9 Å². The number of carbonyl (C=O) groups is 1. The molecule has 0 N–H and O–H groups in total. The van der Waals surface area contributed by atoms with Crippen LogP contribution >= 0.6 is 11.3 Å². The topological polar surface area (TPSA) is 26.8 Å². The second kappa shape index (κ2) is 7.58. The van der Waals surface area contributed by atoms with E-state index in [0.29, 0.717) is 6.04 Å². The third-order valence-corrected chi connectivity index (χ3v) is 6.21. The largest absolute Gasteiger partial charge is 0.370 e. The zero-order chi connectivity index (χ0) is 17.1. The van der Waals surface area contributed by atoms with Gasteiger partial charge in [-0.05, 0) is 36.4 Å². The van der Waals surface area contributed by atoms with Crippen LogP contribution < -0.4 is 4.90 Å². The number of amides is 1. The smallest absolute Gasteiger partial charge is 0.263 e. The molecule has 0 radical (unpaired) electrons. The summed E-state index contributed by atoms with van der Waals surface area (Å²) in [5, 5.41) is 1.98. The summed E-state index contributed by atoms with van der Waals surface area (Å²) >= 11 is 1.54. The van der Waals surface area contributed by atoms with Crippen molar-refractivity contribution in [2.75, 3.05) is 44.2 Å². The Kier molecular flexibility index (Phi) is 5.04. The van der Waals surface area contributed by atoms with E-state index in [4.69, 9.17) is 0 Å². The standard InChI is InChI=1S/C20H25N3OS/c24-20(19-8-4-15-25-19)22-11-5-10-21(13-14-22)18-9-12-23(16-18)17-6-2-1-3-7-17/h1-4,6-8,15,18H,5,9-14,16H2. The van der Waals surface area contributed by atoms with E-state index < -0.39 is 0 Å². The molecular formula is C20H25N3OS. The molecule has 2 fully saturated rings. The molecule has 1 aromatic heterocycles. The zero-order valence-corrected chi connectivity index (χ0v) is 15.3. The zero-order valence-electron chi connectivity index (χ0n) is 14.5. The van der Waals surface area contributed by atoms with E-state index in [0.717, 1.165) is 50.6 Å². The first-order chi connectivity index (χ1) is 12.3. The van der Waals surface area contributed by atoms with E-state index in [1.807, 2.05) is 22.4 Å². The van der Waals surface area contributed by atoms with Crippen LogP contribution in [0.4, 0.5) is 5.69 Å². The molecule has 2 aromatic rings. The number of benzene rings is 1. The maximum Gasteiger partial charge on any atom is 0.263 e. The maximum atomic E-state index is 12.6. The van der Waals surface area contributed by atoms with Crippen LogP contribution in [0.15, 0.2) is 47.8 Å². The lowest BCUT2D eigenvalue weighted by atomic mass is 10.2. The Balaban J connectivity index is 1.35. The third-order valence-electron chi connectivity index (χ3n) is 5.35. The van der Waals surface area contributed by atoms with Crippen molar-refractivity contribution in [1.82, 2.24) is 9.80 Å². The van der Waals surface area contributed by atoms with Crippen molar-refractivity contribution in [3.8, 4) is 0 Å². The van der Waals surface area contributed by atoms with Crippen LogP contribution in [0.1, 0.15) is 22.5 Å². The second-order valence-corrected chi connectivity index (χ2v) is 7.83. The fraction of sp³-hybridized carbons (Fsp3) is 0.450. The molecule has 25 heavy (non-hydrogen) atoms. The minimum atomic E-state index is 0.203. The number of anilines is 1. The molecule has 0 aliphatic carbocycles. The predicted molar refractivity (Wildman–Crippen MR) is 103 cm³/mol. The van der Waals surface area contributed by atoms with Crippen molar-refractivity contribution >= 4 is 22.9 Å². The molecule has 0 saturated carbocycles. The van der Waals surface area contributed by atoms with Crippen molar-refractivity contribution in [3.05, 3.63) is 52.7 Å². The molecule has 2 saturated heterocycles. The van der Waals surface area contributed by atoms with Gasteiger partial charge in [-0.2, -0.15) is 0 Å². The highest BCUT2D eigenvalue weighted by atomic mass is 32.1. The van der Waals surface area contributed by atoms with Crippen LogP contribution in [-0.2, 0) is 0 Å². The normalized spacial score (nSPS) is 22.2. The van der Waals surface area contributed by atoms with Gasteiger partial charge < -0.3 is 9.80 Å². The number of nitrogens with zero attached hydrogens (tertiary/aromatic N) is 3. The first-order valence-electron chi connectivity index (χ1n) is 9.18. The van der Waals surface area contributed by atoms with Crippen LogP contribution in [-0.4, -0.2) is 61.0 Å². The fourth-order valence-corrected chi connectivity index (χ4v) is 4.67. The van der Waals surface area contributed by atoms with Crippen molar-refractivity contribution in [1.29, 1.82) is 0 Å². The molecule has 1 amide bonds. The van der Waals surface area contributed by atoms with E-state index >= 15 is 0 Å². The van der Waals surface area contributed by atoms with Crippen LogP contribution in [0.2, 0.25) is 0 Å². The Hall–Kier alpha value is -1.85. The second-order valence-electron chi connectivity index (χ2n) is 6.88. The molecule has 2 aliphatic rings. The lowest BCUT2D eigenvalue weighted by Gasteiger charge is -2.28. The van der Waals surface area contributed by atoms with E-state index in [1.165, 1.54) is 12.1 Å². The molecule has 132 valence electrons. The first kappa shape index (κ1) is 16.6. The van der Waals surface area contributed by atoms with E-state index in [2.05, 4.69) is 40.1 Å². The Morgan fingerprint density at radius 3 is 2.64 bits per heavy atom. The predicted octanol–water partition coefficient (Wildman–Crippen LogP) is 3.17. The van der Waals surface area contributed by atoms with Crippen molar-refractivity contribution < 1.29 is 4.79 Å². The Morgan fingerprint density at radius 2 is 1.84 bits per heavy atom. The summed E-state index contributed by atoms with van der Waals surface area (Å²) in [4.78, 5) is 20.6. The molecule has 1 unspecified atom stereocenters. The first-order valence-corrected chi connectivity index (χ1v) is 10.1. The van der Waals surface area contributed by atoms with Gasteiger partial charge in [0.25, 0.3) is 5.91 Å². The average Bonchev–Trinajstić information content (AvgIpc) is 3.30. The summed E-state index contributed by atoms with van der Waals surface area (Å²) in [6.07, 6.45) is 2.28. The molecule has 4 rings (SSSR count). The monoisotopic (exact) mass is 355 g/mol. The number of rotatable bonds is 3. The molecule has 4 nitrogen and oxygen atoms in total. The van der Waals surface area contributed by atoms with Gasteiger partial charge in [0.15, 0.2) is 0 Å². The fourth-order valence-electron chi connectivity index (χ4n) is 3.97. The van der Waals surface area contributed by atoms with Gasteiger partial charge >= 0.3 is 0 Å². The molecular weight excluding hydrogens is 330 g/mol. The van der Waals surface area contributed by atoms with Gasteiger partial charge in [-0.1, -0.05) is 24.3 Å². The SMILES string of the molecule is O=C(c1cccs1)N1CCCN(C2CCN(c3ccccc3)C2)CC1. The summed E-state index contributed by atoms with van der Waals surface area (Å²) < 4.78 is 0. The molecule has 5 heteroatoms. The van der Waals surface area contributed by atoms with Gasteiger partial charge in [-0.15, -0.1) is 11.3 Å². The number of hydrogen-bond acceptors (Lipinski definition) is 4. The molecule has 0 spiro atoms. The minimum absolute atomic E-state index is 0.203. The van der Waals surface area contributed by atoms with E-state index in [1.54, 1.807) is 11.3 Å². The van der Waals surface area contributed by atoms with Crippen molar-refractivity contribution in [2.24, 2.45) is 0 Å². The van der Waals surface area contributed by atoms with Gasteiger partial charge in [-0.3, -0.25) is 9.69 Å². The van der Waals surface area contributed by atoms with Gasteiger partial charge in [-0.25, -0.2) is 0 Å². The molecule has 1 atom stereocenters. The number of thiophene rings is 1. The summed E-state index contributed by atoms with van der Waals surface area (Å²) in [6, 6.07) is 15.2. The Morgan fingerprint density at radius 1 is 0.960 bits per heavy atom. The van der Waals surface area contributed by atoms with Gasteiger partial charge in [0.1, 0.15) is 0 Å². The van der Waals surface area contributed by atoms with Crippen LogP contribution in [0, 0.1) is 0 Å². The molecule has 3 heterocycles. The van der Waals surface area contributed by atoms with Gasteiger partial charge in [0.05, 0.1) is 4.88 Å². The molecule has 0 bridgehead atoms. The summed E-state index contributed by atoms with van der Waals surface area (Å²) in [6.45, 7) is 6.04. The van der Waals surface area contributed by atoms with Crippen LogP contribution in [0.25, 0.3) is 0 Å². The highest BCUT2D eigenvalue weighted by Crippen LogP contribution is 2.24. The maximum absolute atomic E-state index is 12.6. The quantitative estimate of drug-likeness (QED) is 0.846. The molecule has 1 aromatic carbocycles. The Bertz CT molecular complexity index is 688. The third kappa shape index (κ3) is 3.72. The summed E-state index contributed by atoms with van der Waals surface area (Å²) in [5.74, 6) is 0.203. The molecule has 2 aliphatic heterocycles. The number of hydrogen-bond donors (Lipinski definition) is 0. The summed E-state index contributed by atoms with van der Waals surface area (Å²) in [7, 11) is 0. The lowest BCUT2D eigenvalue weighted by Crippen LogP contribution is -2.41. The van der Waals surface area contributed by atoms with Crippen LogP contribution in [0.5, 0.6) is 0 Å². The summed E-state index contributed by atoms with van der Waals surface area (Å²) in [5.41, 5.74) is 1.33. The number of carbonyl (C=O) groups excluding carboxylic acids is 1. The van der Waals surface area contributed by atoms with Gasteiger partial charge in [0, 0.05) is 51.0 Å². The van der Waals surface area contributed by atoms with Crippen molar-refractivity contribution in [3.63, 3.8) is 0 Å². The van der Waals surface area contributed by atoms with E-state index in [9.17, 15) is 4.79 Å². The Labute approximate surface area is 153 Å². The highest BCUT2D eigenvalue weighted by molar-refractivity contribution is 7.12. The van der Waals surface area contributed by atoms with Gasteiger partial charge in [0.2, 0.25) is 0 Å². The highest BCUT2D eigenvalue weighted by Gasteiger charge is 2.30. The average molecular weight is 356 g/mol. The van der Waals surface area contributed by atoms with E-state index in [-0.39, 0.29) is 5.91 Å². The number of para-hydroxylation sites is 1.